The van der Waals surface area contributed by atoms with Crippen LogP contribution in [0.5, 0.6) is 0 Å². The maximum Gasteiger partial charge on any atom is 0.253 e. The number of hydrogen-bond acceptors (Lipinski definition) is 3. The van der Waals surface area contributed by atoms with Gasteiger partial charge in [-0.1, -0.05) is 11.6 Å². The second kappa shape index (κ2) is 5.30. The van der Waals surface area contributed by atoms with Gasteiger partial charge in [-0.15, -0.1) is 0 Å². The van der Waals surface area contributed by atoms with Gasteiger partial charge in [0.15, 0.2) is 0 Å². The summed E-state index contributed by atoms with van der Waals surface area (Å²) in [6.07, 6.45) is 3.50. The van der Waals surface area contributed by atoms with E-state index in [4.69, 9.17) is 5.73 Å². The molecule has 1 heterocycles. The van der Waals surface area contributed by atoms with E-state index in [1.54, 1.807) is 19.2 Å². The second-order valence-electron chi connectivity index (χ2n) is 3.89. The van der Waals surface area contributed by atoms with Crippen LogP contribution >= 0.6 is 0 Å². The highest BCUT2D eigenvalue weighted by Gasteiger charge is 2.08. The minimum atomic E-state index is -0.144. The molecule has 16 heavy (non-hydrogen) atoms. The van der Waals surface area contributed by atoms with Gasteiger partial charge in [-0.25, -0.2) is 0 Å². The Bertz CT molecular complexity index is 420. The predicted molar refractivity (Wildman–Crippen MR) is 65.2 cm³/mol. The first-order valence-corrected chi connectivity index (χ1v) is 5.14. The summed E-state index contributed by atoms with van der Waals surface area (Å²) in [4.78, 5) is 15.8. The van der Waals surface area contributed by atoms with Crippen LogP contribution in [0.25, 0.3) is 0 Å². The van der Waals surface area contributed by atoms with Gasteiger partial charge in [-0.05, 0) is 26.8 Å². The van der Waals surface area contributed by atoms with Gasteiger partial charge in [0.1, 0.15) is 0 Å². The van der Waals surface area contributed by atoms with Crippen LogP contribution in [-0.4, -0.2) is 17.4 Å². The highest BCUT2D eigenvalue weighted by molar-refractivity contribution is 5.96. The molecule has 0 saturated carbocycles. The molecule has 0 aromatic carbocycles. The molecule has 0 radical (unpaired) electrons. The predicted octanol–water partition coefficient (Wildman–Crippen LogP) is 1.67. The first-order valence-electron chi connectivity index (χ1n) is 5.14. The minimum Gasteiger partial charge on any atom is -0.397 e. The largest absolute Gasteiger partial charge is 0.397 e. The lowest BCUT2D eigenvalue weighted by Gasteiger charge is -2.06. The topological polar surface area (TPSA) is 68.0 Å². The van der Waals surface area contributed by atoms with Gasteiger partial charge in [0.2, 0.25) is 0 Å². The number of aromatic nitrogens is 1. The lowest BCUT2D eigenvalue weighted by atomic mass is 10.2. The van der Waals surface area contributed by atoms with Crippen molar-refractivity contribution in [2.45, 2.75) is 20.8 Å². The summed E-state index contributed by atoms with van der Waals surface area (Å²) >= 11 is 0. The molecular weight excluding hydrogens is 202 g/mol. The average Bonchev–Trinajstić information content (AvgIpc) is 2.21. The van der Waals surface area contributed by atoms with E-state index in [-0.39, 0.29) is 5.91 Å². The number of hydrogen-bond donors (Lipinski definition) is 2. The highest BCUT2D eigenvalue weighted by Crippen LogP contribution is 2.09. The Morgan fingerprint density at radius 1 is 1.56 bits per heavy atom. The standard InChI is InChI=1S/C12H17N3O/c1-8(2)4-5-14-12(16)11-6-10(13)7-15-9(11)3/h4,6-7H,5,13H2,1-3H3,(H,14,16). The number of nitrogen functional groups attached to an aromatic ring is 1. The molecule has 0 spiro atoms. The van der Waals surface area contributed by atoms with E-state index in [9.17, 15) is 4.79 Å². The fraction of sp³-hybridized carbons (Fsp3) is 0.333. The smallest absolute Gasteiger partial charge is 0.253 e. The number of nitrogens with one attached hydrogen (secondary N) is 1. The Morgan fingerprint density at radius 3 is 2.88 bits per heavy atom. The number of carbonyl (C=O) groups is 1. The zero-order chi connectivity index (χ0) is 12.1. The summed E-state index contributed by atoms with van der Waals surface area (Å²) in [6, 6.07) is 1.64. The fourth-order valence-corrected chi connectivity index (χ4v) is 1.22. The van der Waals surface area contributed by atoms with Gasteiger partial charge in [-0.3, -0.25) is 9.78 Å². The number of amides is 1. The zero-order valence-electron chi connectivity index (χ0n) is 9.87. The fourth-order valence-electron chi connectivity index (χ4n) is 1.22. The van der Waals surface area contributed by atoms with E-state index >= 15 is 0 Å². The van der Waals surface area contributed by atoms with E-state index in [1.165, 1.54) is 5.57 Å². The number of nitrogens with two attached hydrogens (primary N) is 1. The summed E-state index contributed by atoms with van der Waals surface area (Å²) in [5.74, 6) is -0.144. The van der Waals surface area contributed by atoms with Crippen LogP contribution in [0.15, 0.2) is 23.9 Å². The van der Waals surface area contributed by atoms with Crippen LogP contribution in [0.2, 0.25) is 0 Å². The Labute approximate surface area is 95.6 Å². The molecule has 0 saturated heterocycles. The summed E-state index contributed by atoms with van der Waals surface area (Å²) in [5.41, 5.74) is 8.47. The second-order valence-corrected chi connectivity index (χ2v) is 3.89. The molecule has 0 fully saturated rings. The quantitative estimate of drug-likeness (QED) is 0.760. The van der Waals surface area contributed by atoms with Crippen LogP contribution < -0.4 is 11.1 Å². The summed E-state index contributed by atoms with van der Waals surface area (Å²) in [6.45, 7) is 6.28. The third kappa shape index (κ3) is 3.38. The maximum atomic E-state index is 11.8. The number of allylic oxidation sites excluding steroid dienone is 1. The third-order valence-corrected chi connectivity index (χ3v) is 2.13. The van der Waals surface area contributed by atoms with Crippen LogP contribution in [0.3, 0.4) is 0 Å². The Balaban J connectivity index is 2.73. The molecule has 86 valence electrons. The Kier molecular flexibility index (Phi) is 4.05. The zero-order valence-corrected chi connectivity index (χ0v) is 9.87. The third-order valence-electron chi connectivity index (χ3n) is 2.13. The van der Waals surface area contributed by atoms with Crippen LogP contribution in [0, 0.1) is 6.92 Å². The van der Waals surface area contributed by atoms with Crippen molar-refractivity contribution in [2.75, 3.05) is 12.3 Å². The van der Waals surface area contributed by atoms with Crippen molar-refractivity contribution in [1.29, 1.82) is 0 Å². The van der Waals surface area contributed by atoms with Gasteiger partial charge in [-0.2, -0.15) is 0 Å². The lowest BCUT2D eigenvalue weighted by Crippen LogP contribution is -2.24. The molecule has 0 bridgehead atoms. The molecular formula is C12H17N3O. The van der Waals surface area contributed by atoms with Gasteiger partial charge in [0.05, 0.1) is 23.1 Å². The van der Waals surface area contributed by atoms with Crippen molar-refractivity contribution in [3.05, 3.63) is 35.2 Å². The Hall–Kier alpha value is -1.84. The van der Waals surface area contributed by atoms with Crippen molar-refractivity contribution in [2.24, 2.45) is 0 Å². The minimum absolute atomic E-state index is 0.144. The lowest BCUT2D eigenvalue weighted by molar-refractivity contribution is 0.0957. The summed E-state index contributed by atoms with van der Waals surface area (Å²) in [5, 5.41) is 2.79. The van der Waals surface area contributed by atoms with Gasteiger partial charge >= 0.3 is 0 Å². The highest BCUT2D eigenvalue weighted by atomic mass is 16.1. The van der Waals surface area contributed by atoms with E-state index in [0.29, 0.717) is 23.5 Å². The number of rotatable bonds is 3. The molecule has 0 aliphatic rings. The first kappa shape index (κ1) is 12.2. The van der Waals surface area contributed by atoms with Crippen LogP contribution in [0.4, 0.5) is 5.69 Å². The molecule has 0 unspecified atom stereocenters. The van der Waals surface area contributed by atoms with Crippen LogP contribution in [-0.2, 0) is 0 Å². The van der Waals surface area contributed by atoms with Crippen molar-refractivity contribution >= 4 is 11.6 Å². The molecule has 1 amide bonds. The SMILES string of the molecule is CC(C)=CCNC(=O)c1cc(N)cnc1C. The molecule has 0 aliphatic carbocycles. The molecule has 0 atom stereocenters. The molecule has 0 aliphatic heterocycles. The summed E-state index contributed by atoms with van der Waals surface area (Å²) < 4.78 is 0. The number of nitrogens with zero attached hydrogens (tertiary/aromatic N) is 1. The first-order chi connectivity index (χ1) is 7.50. The van der Waals surface area contributed by atoms with E-state index < -0.39 is 0 Å². The molecule has 1 aromatic heterocycles. The van der Waals surface area contributed by atoms with Gasteiger partial charge in [0, 0.05) is 6.54 Å². The van der Waals surface area contributed by atoms with Gasteiger partial charge < -0.3 is 11.1 Å². The van der Waals surface area contributed by atoms with E-state index in [0.717, 1.165) is 0 Å². The normalized spacial score (nSPS) is 9.69. The maximum absolute atomic E-state index is 11.8. The summed E-state index contributed by atoms with van der Waals surface area (Å²) in [7, 11) is 0. The Morgan fingerprint density at radius 2 is 2.25 bits per heavy atom. The van der Waals surface area contributed by atoms with E-state index in [1.807, 2.05) is 19.9 Å². The monoisotopic (exact) mass is 219 g/mol. The van der Waals surface area contributed by atoms with Gasteiger partial charge in [0.25, 0.3) is 5.91 Å². The van der Waals surface area contributed by atoms with Crippen molar-refractivity contribution < 1.29 is 4.79 Å². The molecule has 1 aromatic rings. The number of pyridine rings is 1. The molecule has 4 nitrogen and oxygen atoms in total. The molecule has 3 N–H and O–H groups in total. The molecule has 1 rings (SSSR count). The molecule has 4 heteroatoms. The number of anilines is 1. The van der Waals surface area contributed by atoms with Crippen molar-refractivity contribution in [3.63, 3.8) is 0 Å². The van der Waals surface area contributed by atoms with E-state index in [2.05, 4.69) is 10.3 Å². The van der Waals surface area contributed by atoms with Crippen LogP contribution in [0.1, 0.15) is 29.9 Å². The number of carbonyl (C=O) groups excluding carboxylic acids is 1. The average molecular weight is 219 g/mol. The number of aryl methyl sites for hydroxylation is 1. The van der Waals surface area contributed by atoms with Crippen molar-refractivity contribution in [3.8, 4) is 0 Å². The van der Waals surface area contributed by atoms with Crippen molar-refractivity contribution in [1.82, 2.24) is 10.3 Å².